The standard InChI is InChI=1S/C32H28I2N2O5S/c1-5-40-31(38)26-27(20-9-7-6-8-10-20)35-32-36(28(26)21-11-13-22(39-4)14-12-21)30(37)25(42-32)17-19-15-23(33)29(24(34)16-19)41-18(2)3/h6-18,28H,5H2,1-4H3/b25-17-/t28-/m1/s1. The molecule has 0 fully saturated rings. The molecule has 3 aromatic carbocycles. The molecule has 0 saturated heterocycles. The van der Waals surface area contributed by atoms with Crippen LogP contribution in [-0.4, -0.2) is 30.4 Å². The van der Waals surface area contributed by atoms with Crippen LogP contribution in [-0.2, 0) is 9.53 Å². The second-order valence-electron chi connectivity index (χ2n) is 9.68. The van der Waals surface area contributed by atoms with Crippen molar-refractivity contribution in [1.82, 2.24) is 4.57 Å². The van der Waals surface area contributed by atoms with Crippen LogP contribution in [0.1, 0.15) is 43.5 Å². The van der Waals surface area contributed by atoms with Crippen molar-refractivity contribution in [3.05, 3.63) is 116 Å². The molecule has 2 heterocycles. The van der Waals surface area contributed by atoms with E-state index in [1.165, 1.54) is 11.3 Å². The van der Waals surface area contributed by atoms with E-state index in [4.69, 9.17) is 19.2 Å². The molecule has 7 nitrogen and oxygen atoms in total. The van der Waals surface area contributed by atoms with Gasteiger partial charge < -0.3 is 14.2 Å². The van der Waals surface area contributed by atoms with E-state index in [0.29, 0.717) is 26.4 Å². The molecule has 4 aromatic rings. The highest BCUT2D eigenvalue weighted by molar-refractivity contribution is 14.1. The van der Waals surface area contributed by atoms with Crippen LogP contribution in [0, 0.1) is 7.14 Å². The van der Waals surface area contributed by atoms with Gasteiger partial charge in [-0.15, -0.1) is 0 Å². The van der Waals surface area contributed by atoms with Crippen LogP contribution in [0.5, 0.6) is 11.5 Å². The Kier molecular flexibility index (Phi) is 9.53. The maximum Gasteiger partial charge on any atom is 0.338 e. The van der Waals surface area contributed by atoms with Crippen molar-refractivity contribution in [2.75, 3.05) is 13.7 Å². The van der Waals surface area contributed by atoms with Gasteiger partial charge in [0, 0.05) is 5.56 Å². The fourth-order valence-electron chi connectivity index (χ4n) is 4.70. The smallest absolute Gasteiger partial charge is 0.338 e. The van der Waals surface area contributed by atoms with Gasteiger partial charge in [0.2, 0.25) is 0 Å². The Morgan fingerprint density at radius 2 is 1.74 bits per heavy atom. The summed E-state index contributed by atoms with van der Waals surface area (Å²) in [6.07, 6.45) is 1.92. The number of rotatable bonds is 8. The summed E-state index contributed by atoms with van der Waals surface area (Å²) in [7, 11) is 1.60. The van der Waals surface area contributed by atoms with E-state index >= 15 is 0 Å². The number of benzene rings is 3. The predicted molar refractivity (Wildman–Crippen MR) is 182 cm³/mol. The van der Waals surface area contributed by atoms with E-state index in [-0.39, 0.29) is 18.3 Å². The molecular formula is C32H28I2N2O5S. The van der Waals surface area contributed by atoms with Gasteiger partial charge in [0.15, 0.2) is 4.80 Å². The maximum atomic E-state index is 14.1. The van der Waals surface area contributed by atoms with Gasteiger partial charge in [0.25, 0.3) is 5.56 Å². The first-order valence-electron chi connectivity index (χ1n) is 13.3. The molecule has 0 bridgehead atoms. The highest BCUT2D eigenvalue weighted by atomic mass is 127. The van der Waals surface area contributed by atoms with Crippen molar-refractivity contribution in [2.24, 2.45) is 4.99 Å². The monoisotopic (exact) mass is 806 g/mol. The summed E-state index contributed by atoms with van der Waals surface area (Å²) in [5.41, 5.74) is 2.95. The van der Waals surface area contributed by atoms with Gasteiger partial charge in [-0.05, 0) is 107 Å². The van der Waals surface area contributed by atoms with Crippen LogP contribution in [0.3, 0.4) is 0 Å². The topological polar surface area (TPSA) is 79.1 Å². The van der Waals surface area contributed by atoms with E-state index < -0.39 is 12.0 Å². The second-order valence-corrected chi connectivity index (χ2v) is 13.0. The number of hydrogen-bond acceptors (Lipinski definition) is 7. The Balaban J connectivity index is 1.77. The van der Waals surface area contributed by atoms with Crippen LogP contribution in [0.25, 0.3) is 11.8 Å². The number of halogens is 2. The average molecular weight is 806 g/mol. The van der Waals surface area contributed by atoms with Gasteiger partial charge in [-0.3, -0.25) is 9.36 Å². The summed E-state index contributed by atoms with van der Waals surface area (Å²) in [5, 5.41) is 0. The third kappa shape index (κ3) is 6.20. The number of fused-ring (bicyclic) bond motifs is 1. The van der Waals surface area contributed by atoms with Crippen molar-refractivity contribution in [2.45, 2.75) is 32.9 Å². The summed E-state index contributed by atoms with van der Waals surface area (Å²) < 4.78 is 20.9. The van der Waals surface area contributed by atoms with Crippen molar-refractivity contribution < 1.29 is 19.0 Å². The van der Waals surface area contributed by atoms with E-state index in [9.17, 15) is 9.59 Å². The molecule has 0 saturated carbocycles. The number of carbonyl (C=O) groups excluding carboxylic acids is 1. The van der Waals surface area contributed by atoms with Crippen molar-refractivity contribution in [1.29, 1.82) is 0 Å². The lowest BCUT2D eigenvalue weighted by Crippen LogP contribution is -2.40. The lowest BCUT2D eigenvalue weighted by Gasteiger charge is -2.26. The van der Waals surface area contributed by atoms with E-state index in [1.54, 1.807) is 18.6 Å². The zero-order chi connectivity index (χ0) is 30.0. The van der Waals surface area contributed by atoms with Crippen LogP contribution in [0.15, 0.2) is 82.1 Å². The molecule has 1 aliphatic heterocycles. The first-order valence-corrected chi connectivity index (χ1v) is 16.3. The lowest BCUT2D eigenvalue weighted by molar-refractivity contribution is -0.138. The molecule has 0 spiro atoms. The van der Waals surface area contributed by atoms with Gasteiger partial charge in [-0.1, -0.05) is 53.8 Å². The number of aromatic nitrogens is 1. The third-order valence-electron chi connectivity index (χ3n) is 6.48. The normalized spacial score (nSPS) is 14.9. The van der Waals surface area contributed by atoms with Gasteiger partial charge in [0.05, 0.1) is 48.8 Å². The zero-order valence-electron chi connectivity index (χ0n) is 23.4. The van der Waals surface area contributed by atoms with Crippen LogP contribution >= 0.6 is 56.5 Å². The van der Waals surface area contributed by atoms with E-state index in [2.05, 4.69) is 45.2 Å². The van der Waals surface area contributed by atoms with Crippen molar-refractivity contribution in [3.8, 4) is 11.5 Å². The van der Waals surface area contributed by atoms with Gasteiger partial charge in [-0.25, -0.2) is 9.79 Å². The van der Waals surface area contributed by atoms with Crippen molar-refractivity contribution in [3.63, 3.8) is 0 Å². The minimum atomic E-state index is -0.745. The fourth-order valence-corrected chi connectivity index (χ4v) is 7.78. The molecule has 216 valence electrons. The molecular weight excluding hydrogens is 778 g/mol. The number of methoxy groups -OCH3 is 1. The Morgan fingerprint density at radius 1 is 1.07 bits per heavy atom. The molecule has 0 aliphatic carbocycles. The molecule has 1 aliphatic rings. The SMILES string of the molecule is CCOC(=O)C1=C(c2ccccc2)N=c2s/c(=C\c3cc(I)c(OC(C)C)c(I)c3)c(=O)n2[C@@H]1c1ccc(OC)cc1. The number of esters is 1. The van der Waals surface area contributed by atoms with Crippen LogP contribution in [0.4, 0.5) is 0 Å². The van der Waals surface area contributed by atoms with Crippen LogP contribution in [0.2, 0.25) is 0 Å². The molecule has 0 unspecified atom stereocenters. The quantitative estimate of drug-likeness (QED) is 0.163. The zero-order valence-corrected chi connectivity index (χ0v) is 28.5. The Hall–Kier alpha value is -2.97. The molecule has 0 radical (unpaired) electrons. The van der Waals surface area contributed by atoms with E-state index in [1.807, 2.05) is 86.7 Å². The highest BCUT2D eigenvalue weighted by Gasteiger charge is 2.35. The predicted octanol–water partition coefficient (Wildman–Crippen LogP) is 5.94. The van der Waals surface area contributed by atoms with E-state index in [0.717, 1.165) is 29.6 Å². The Morgan fingerprint density at radius 3 is 2.33 bits per heavy atom. The van der Waals surface area contributed by atoms with Gasteiger partial charge >= 0.3 is 5.97 Å². The molecule has 10 heteroatoms. The first-order chi connectivity index (χ1) is 20.2. The van der Waals surface area contributed by atoms with Crippen molar-refractivity contribution >= 4 is 74.3 Å². The molecule has 0 N–H and O–H groups in total. The minimum Gasteiger partial charge on any atom is -0.497 e. The molecule has 42 heavy (non-hydrogen) atoms. The maximum absolute atomic E-state index is 14.1. The molecule has 1 aromatic heterocycles. The number of carbonyl (C=O) groups is 1. The first kappa shape index (κ1) is 30.5. The lowest BCUT2D eigenvalue weighted by atomic mass is 9.93. The van der Waals surface area contributed by atoms with Gasteiger partial charge in [0.1, 0.15) is 11.5 Å². The number of hydrogen-bond donors (Lipinski definition) is 0. The number of nitrogens with zero attached hydrogens (tertiary/aromatic N) is 2. The Labute approximate surface area is 274 Å². The average Bonchev–Trinajstić information content (AvgIpc) is 3.28. The summed E-state index contributed by atoms with van der Waals surface area (Å²) >= 11 is 5.82. The minimum absolute atomic E-state index is 0.0481. The Bertz CT molecular complexity index is 1820. The molecule has 1 atom stereocenters. The highest BCUT2D eigenvalue weighted by Crippen LogP contribution is 2.36. The van der Waals surface area contributed by atoms with Gasteiger partial charge in [-0.2, -0.15) is 0 Å². The summed E-state index contributed by atoms with van der Waals surface area (Å²) in [5.74, 6) is 0.987. The van der Waals surface area contributed by atoms with Crippen LogP contribution < -0.4 is 24.4 Å². The summed E-state index contributed by atoms with van der Waals surface area (Å²) in [6.45, 7) is 5.94. The number of ether oxygens (including phenoxy) is 3. The summed E-state index contributed by atoms with van der Waals surface area (Å²) in [4.78, 5) is 33.1. The third-order valence-corrected chi connectivity index (χ3v) is 9.06. The number of thiazole rings is 1. The largest absolute Gasteiger partial charge is 0.497 e. The second kappa shape index (κ2) is 13.1. The fraction of sp³-hybridized carbons (Fsp3) is 0.219. The summed E-state index contributed by atoms with van der Waals surface area (Å²) in [6, 6.07) is 20.1. The molecule has 5 rings (SSSR count). The molecule has 0 amide bonds.